The van der Waals surface area contributed by atoms with Crippen molar-refractivity contribution in [3.63, 3.8) is 0 Å². The number of hydrogen-bond acceptors (Lipinski definition) is 3. The third-order valence-electron chi connectivity index (χ3n) is 3.65. The maximum Gasteiger partial charge on any atom is 0.238 e. The number of amides is 1. The molecule has 0 radical (unpaired) electrons. The molecule has 1 amide bonds. The number of halogens is 1. The van der Waals surface area contributed by atoms with Gasteiger partial charge in [-0.1, -0.05) is 24.1 Å². The number of anilines is 1. The van der Waals surface area contributed by atoms with Gasteiger partial charge in [-0.05, 0) is 37.5 Å². The van der Waals surface area contributed by atoms with E-state index >= 15 is 0 Å². The van der Waals surface area contributed by atoms with Crippen molar-refractivity contribution in [2.75, 3.05) is 25.0 Å². The molecule has 20 heavy (non-hydrogen) atoms. The quantitative estimate of drug-likeness (QED) is 0.813. The minimum atomic E-state index is -0.0305. The molecule has 1 saturated carbocycles. The first kappa shape index (κ1) is 15.3. The second-order valence-electron chi connectivity index (χ2n) is 5.19. The Balaban J connectivity index is 1.87. The maximum atomic E-state index is 12.1. The van der Waals surface area contributed by atoms with Gasteiger partial charge < -0.3 is 10.4 Å². The van der Waals surface area contributed by atoms with Crippen LogP contribution in [0.2, 0.25) is 5.02 Å². The van der Waals surface area contributed by atoms with Gasteiger partial charge in [0.1, 0.15) is 0 Å². The van der Waals surface area contributed by atoms with Crippen LogP contribution in [0.3, 0.4) is 0 Å². The van der Waals surface area contributed by atoms with Gasteiger partial charge in [0, 0.05) is 29.9 Å². The third kappa shape index (κ3) is 4.47. The lowest BCUT2D eigenvalue weighted by atomic mass is 9.91. The predicted molar refractivity (Wildman–Crippen MR) is 81.0 cm³/mol. The summed E-state index contributed by atoms with van der Waals surface area (Å²) in [6, 6.07) is 7.64. The summed E-state index contributed by atoms with van der Waals surface area (Å²) < 4.78 is 0. The van der Waals surface area contributed by atoms with Gasteiger partial charge in [-0.15, -0.1) is 0 Å². The molecule has 0 aromatic heterocycles. The summed E-state index contributed by atoms with van der Waals surface area (Å²) in [7, 11) is 0. The molecule has 0 aliphatic heterocycles. The van der Waals surface area contributed by atoms with Crippen molar-refractivity contribution < 1.29 is 9.90 Å². The second kappa shape index (κ2) is 7.62. The second-order valence-corrected chi connectivity index (χ2v) is 5.63. The average Bonchev–Trinajstić information content (AvgIpc) is 2.33. The molecule has 2 N–H and O–H groups in total. The van der Waals surface area contributed by atoms with E-state index in [0.29, 0.717) is 24.0 Å². The predicted octanol–water partition coefficient (Wildman–Crippen LogP) is 2.52. The van der Waals surface area contributed by atoms with Crippen molar-refractivity contribution in [1.82, 2.24) is 4.90 Å². The van der Waals surface area contributed by atoms with Crippen molar-refractivity contribution in [2.24, 2.45) is 0 Å². The highest BCUT2D eigenvalue weighted by Crippen LogP contribution is 2.24. The minimum Gasteiger partial charge on any atom is -0.396 e. The van der Waals surface area contributed by atoms with E-state index in [1.165, 1.54) is 6.42 Å². The highest BCUT2D eigenvalue weighted by Gasteiger charge is 2.25. The highest BCUT2D eigenvalue weighted by molar-refractivity contribution is 6.30. The monoisotopic (exact) mass is 296 g/mol. The number of carbonyl (C=O) groups is 1. The smallest absolute Gasteiger partial charge is 0.238 e. The number of carbonyl (C=O) groups excluding carboxylic acids is 1. The third-order valence-corrected chi connectivity index (χ3v) is 3.88. The van der Waals surface area contributed by atoms with E-state index in [1.807, 2.05) is 12.1 Å². The van der Waals surface area contributed by atoms with Gasteiger partial charge in [-0.3, -0.25) is 9.69 Å². The van der Waals surface area contributed by atoms with Crippen LogP contribution in [0, 0.1) is 0 Å². The molecule has 4 nitrogen and oxygen atoms in total. The van der Waals surface area contributed by atoms with Crippen molar-refractivity contribution in [3.8, 4) is 0 Å². The fourth-order valence-electron chi connectivity index (χ4n) is 2.37. The molecule has 110 valence electrons. The number of rotatable bonds is 7. The summed E-state index contributed by atoms with van der Waals surface area (Å²) in [4.78, 5) is 14.2. The topological polar surface area (TPSA) is 52.6 Å². The molecule has 0 bridgehead atoms. The molecule has 0 unspecified atom stereocenters. The first-order valence-electron chi connectivity index (χ1n) is 7.09. The standard InChI is InChI=1S/C15H21ClN2O2/c16-12-4-1-5-13(10-12)17-15(20)11-18(8-3-9-19)14-6-2-7-14/h1,4-5,10,14,19H,2-3,6-9,11H2,(H,17,20). The maximum absolute atomic E-state index is 12.1. The summed E-state index contributed by atoms with van der Waals surface area (Å²) in [5.74, 6) is -0.0305. The van der Waals surface area contributed by atoms with Gasteiger partial charge in [-0.25, -0.2) is 0 Å². The van der Waals surface area contributed by atoms with Crippen LogP contribution in [0.1, 0.15) is 25.7 Å². The largest absolute Gasteiger partial charge is 0.396 e. The summed E-state index contributed by atoms with van der Waals surface area (Å²) in [6.07, 6.45) is 4.24. The van der Waals surface area contributed by atoms with Crippen molar-refractivity contribution >= 4 is 23.2 Å². The Kier molecular flexibility index (Phi) is 5.83. The van der Waals surface area contributed by atoms with Gasteiger partial charge in [-0.2, -0.15) is 0 Å². The first-order chi connectivity index (χ1) is 9.69. The molecule has 0 heterocycles. The van der Waals surface area contributed by atoms with Crippen LogP contribution < -0.4 is 5.32 Å². The van der Waals surface area contributed by atoms with E-state index < -0.39 is 0 Å². The lowest BCUT2D eigenvalue weighted by Crippen LogP contribution is -2.45. The normalized spacial score (nSPS) is 15.2. The lowest BCUT2D eigenvalue weighted by molar-refractivity contribution is -0.118. The van der Waals surface area contributed by atoms with Crippen molar-refractivity contribution in [3.05, 3.63) is 29.3 Å². The van der Waals surface area contributed by atoms with E-state index in [9.17, 15) is 4.79 Å². The number of hydrogen-bond donors (Lipinski definition) is 2. The Morgan fingerprint density at radius 2 is 2.25 bits per heavy atom. The average molecular weight is 297 g/mol. The van der Waals surface area contributed by atoms with Crippen LogP contribution in [-0.2, 0) is 4.79 Å². The van der Waals surface area contributed by atoms with Crippen LogP contribution in [-0.4, -0.2) is 41.7 Å². The summed E-state index contributed by atoms with van der Waals surface area (Å²) in [6.45, 7) is 1.31. The molecule has 1 aliphatic carbocycles. The van der Waals surface area contributed by atoms with Crippen LogP contribution in [0.25, 0.3) is 0 Å². The number of nitrogens with one attached hydrogen (secondary N) is 1. The molecule has 5 heteroatoms. The minimum absolute atomic E-state index is 0.0305. The molecule has 1 aromatic rings. The van der Waals surface area contributed by atoms with Crippen LogP contribution >= 0.6 is 11.6 Å². The number of benzene rings is 1. The van der Waals surface area contributed by atoms with Gasteiger partial charge in [0.2, 0.25) is 5.91 Å². The van der Waals surface area contributed by atoms with E-state index in [2.05, 4.69) is 10.2 Å². The molecular formula is C15H21ClN2O2. The summed E-state index contributed by atoms with van der Waals surface area (Å²) in [5.41, 5.74) is 0.721. The van der Waals surface area contributed by atoms with Gasteiger partial charge >= 0.3 is 0 Å². The zero-order valence-electron chi connectivity index (χ0n) is 11.5. The number of aliphatic hydroxyl groups excluding tert-OH is 1. The lowest BCUT2D eigenvalue weighted by Gasteiger charge is -2.37. The van der Waals surface area contributed by atoms with E-state index in [4.69, 9.17) is 16.7 Å². The van der Waals surface area contributed by atoms with Crippen LogP contribution in [0.4, 0.5) is 5.69 Å². The Labute approximate surface area is 124 Å². The fraction of sp³-hybridized carbons (Fsp3) is 0.533. The van der Waals surface area contributed by atoms with Crippen LogP contribution in [0.5, 0.6) is 0 Å². The Morgan fingerprint density at radius 1 is 1.45 bits per heavy atom. The van der Waals surface area contributed by atoms with Gasteiger partial charge in [0.05, 0.1) is 6.54 Å². The summed E-state index contributed by atoms with van der Waals surface area (Å²) in [5, 5.41) is 12.4. The van der Waals surface area contributed by atoms with Gasteiger partial charge in [0.15, 0.2) is 0 Å². The number of aliphatic hydroxyl groups is 1. The van der Waals surface area contributed by atoms with E-state index in [1.54, 1.807) is 12.1 Å². The van der Waals surface area contributed by atoms with E-state index in [-0.39, 0.29) is 12.5 Å². The Morgan fingerprint density at radius 3 is 2.85 bits per heavy atom. The molecule has 1 aromatic carbocycles. The molecule has 0 spiro atoms. The Bertz CT molecular complexity index is 449. The van der Waals surface area contributed by atoms with Crippen molar-refractivity contribution in [2.45, 2.75) is 31.7 Å². The number of nitrogens with zero attached hydrogens (tertiary/aromatic N) is 1. The van der Waals surface area contributed by atoms with Crippen LogP contribution in [0.15, 0.2) is 24.3 Å². The highest BCUT2D eigenvalue weighted by atomic mass is 35.5. The van der Waals surface area contributed by atoms with E-state index in [0.717, 1.165) is 25.1 Å². The zero-order valence-corrected chi connectivity index (χ0v) is 12.3. The van der Waals surface area contributed by atoms with Gasteiger partial charge in [0.25, 0.3) is 0 Å². The Hall–Kier alpha value is -1.10. The fourth-order valence-corrected chi connectivity index (χ4v) is 2.56. The molecule has 2 rings (SSSR count). The molecule has 1 aliphatic rings. The molecule has 0 saturated heterocycles. The SMILES string of the molecule is O=C(CN(CCCO)C1CCC1)Nc1cccc(Cl)c1. The zero-order chi connectivity index (χ0) is 14.4. The summed E-state index contributed by atoms with van der Waals surface area (Å²) >= 11 is 5.90. The first-order valence-corrected chi connectivity index (χ1v) is 7.47. The van der Waals surface area contributed by atoms with Crippen molar-refractivity contribution in [1.29, 1.82) is 0 Å². The molecular weight excluding hydrogens is 276 g/mol. The molecule has 0 atom stereocenters. The molecule has 1 fully saturated rings.